The molecule has 1 aromatic rings. The van der Waals surface area contributed by atoms with Gasteiger partial charge in [-0.25, -0.2) is 0 Å². The van der Waals surface area contributed by atoms with Gasteiger partial charge in [0.25, 0.3) is 5.69 Å². The van der Waals surface area contributed by atoms with Crippen molar-refractivity contribution in [3.63, 3.8) is 0 Å². The Labute approximate surface area is 133 Å². The summed E-state index contributed by atoms with van der Waals surface area (Å²) in [4.78, 5) is 12.1. The quantitative estimate of drug-likeness (QED) is 0.623. The van der Waals surface area contributed by atoms with Gasteiger partial charge in [-0.1, -0.05) is 0 Å². The normalized spacial score (nSPS) is 19.7. The molecule has 1 aromatic carbocycles. The molecule has 0 atom stereocenters. The Morgan fingerprint density at radius 1 is 1.26 bits per heavy atom. The highest BCUT2D eigenvalue weighted by Crippen LogP contribution is 2.38. The first-order chi connectivity index (χ1) is 10.5. The fourth-order valence-corrected chi connectivity index (χ4v) is 3.03. The van der Waals surface area contributed by atoms with Gasteiger partial charge in [-0.05, 0) is 33.8 Å². The number of ether oxygens (including phenoxy) is 2. The van der Waals surface area contributed by atoms with Crippen LogP contribution in [0.4, 0.5) is 20.2 Å². The number of anilines is 1. The van der Waals surface area contributed by atoms with Crippen molar-refractivity contribution in [2.45, 2.75) is 45.5 Å². The van der Waals surface area contributed by atoms with Gasteiger partial charge in [-0.15, -0.1) is 0 Å². The van der Waals surface area contributed by atoms with Crippen molar-refractivity contribution < 1.29 is 23.2 Å². The molecule has 0 saturated carbocycles. The summed E-state index contributed by atoms with van der Waals surface area (Å²) >= 11 is 0. The number of nitro groups is 1. The Morgan fingerprint density at radius 2 is 1.83 bits per heavy atom. The molecule has 0 unspecified atom stereocenters. The minimum absolute atomic E-state index is 0.206. The first-order valence-electron chi connectivity index (χ1n) is 7.17. The predicted octanol–water partition coefficient (Wildman–Crippen LogP) is 3.59. The largest absolute Gasteiger partial charge is 0.432 e. The third-order valence-electron chi connectivity index (χ3n) is 3.41. The summed E-state index contributed by atoms with van der Waals surface area (Å²) in [5.41, 5.74) is -0.895. The number of nitrogens with zero attached hydrogens (tertiary/aromatic N) is 2. The van der Waals surface area contributed by atoms with Crippen molar-refractivity contribution >= 4 is 11.4 Å². The summed E-state index contributed by atoms with van der Waals surface area (Å²) in [6, 6.07) is 3.74. The Bertz CT molecular complexity index is 589. The van der Waals surface area contributed by atoms with Gasteiger partial charge >= 0.3 is 6.61 Å². The zero-order valence-corrected chi connectivity index (χ0v) is 13.5. The average Bonchev–Trinajstić information content (AvgIpc) is 2.33. The molecule has 1 heterocycles. The van der Waals surface area contributed by atoms with E-state index in [9.17, 15) is 18.9 Å². The minimum Gasteiger partial charge on any atom is -0.432 e. The van der Waals surface area contributed by atoms with E-state index in [2.05, 4.69) is 4.74 Å². The van der Waals surface area contributed by atoms with Gasteiger partial charge < -0.3 is 14.4 Å². The fourth-order valence-electron chi connectivity index (χ4n) is 3.03. The highest BCUT2D eigenvalue weighted by atomic mass is 19.3. The molecule has 1 aliphatic rings. The van der Waals surface area contributed by atoms with Gasteiger partial charge in [0.15, 0.2) is 5.75 Å². The molecule has 0 amide bonds. The standard InChI is InChI=1S/C15H20F2N2O4/c1-14(2)8-18(9-15(3,4)23-14)11-6-5-10(19(20)21)7-12(11)22-13(16)17/h5-7,13H,8-9H2,1-4H3. The van der Waals surface area contributed by atoms with Crippen LogP contribution in [0.3, 0.4) is 0 Å². The summed E-state index contributed by atoms with van der Waals surface area (Å²) in [7, 11) is 0. The molecule has 128 valence electrons. The molecule has 1 fully saturated rings. The molecule has 1 saturated heterocycles. The van der Waals surface area contributed by atoms with E-state index in [4.69, 9.17) is 4.74 Å². The van der Waals surface area contributed by atoms with Gasteiger partial charge in [0.1, 0.15) is 0 Å². The van der Waals surface area contributed by atoms with Crippen LogP contribution < -0.4 is 9.64 Å². The molecule has 0 bridgehead atoms. The molecular formula is C15H20F2N2O4. The Balaban J connectivity index is 2.42. The monoisotopic (exact) mass is 330 g/mol. The molecule has 0 spiro atoms. The van der Waals surface area contributed by atoms with Crippen LogP contribution in [0.25, 0.3) is 0 Å². The lowest BCUT2D eigenvalue weighted by molar-refractivity contribution is -0.385. The van der Waals surface area contributed by atoms with Gasteiger partial charge in [0, 0.05) is 19.2 Å². The van der Waals surface area contributed by atoms with Crippen LogP contribution in [0.1, 0.15) is 27.7 Å². The van der Waals surface area contributed by atoms with Crippen molar-refractivity contribution in [2.24, 2.45) is 0 Å². The van der Waals surface area contributed by atoms with E-state index in [-0.39, 0.29) is 11.4 Å². The van der Waals surface area contributed by atoms with E-state index in [1.54, 1.807) is 0 Å². The first kappa shape index (κ1) is 17.4. The lowest BCUT2D eigenvalue weighted by atomic mass is 9.98. The molecule has 0 radical (unpaired) electrons. The van der Waals surface area contributed by atoms with Gasteiger partial charge in [0.2, 0.25) is 0 Å². The number of benzene rings is 1. The third-order valence-corrected chi connectivity index (χ3v) is 3.41. The van der Waals surface area contributed by atoms with Crippen molar-refractivity contribution in [3.05, 3.63) is 28.3 Å². The summed E-state index contributed by atoms with van der Waals surface area (Å²) in [6.07, 6.45) is 0. The maximum atomic E-state index is 12.7. The van der Waals surface area contributed by atoms with Gasteiger partial charge in [-0.2, -0.15) is 8.78 Å². The highest BCUT2D eigenvalue weighted by Gasteiger charge is 2.39. The van der Waals surface area contributed by atoms with Crippen LogP contribution >= 0.6 is 0 Å². The van der Waals surface area contributed by atoms with E-state index < -0.39 is 22.7 Å². The molecule has 0 N–H and O–H groups in total. The first-order valence-corrected chi connectivity index (χ1v) is 7.17. The Hall–Kier alpha value is -1.96. The van der Waals surface area contributed by atoms with E-state index in [0.29, 0.717) is 18.8 Å². The van der Waals surface area contributed by atoms with Gasteiger partial charge in [-0.3, -0.25) is 10.1 Å². The summed E-state index contributed by atoms with van der Waals surface area (Å²) < 4.78 is 35.8. The number of nitro benzene ring substituents is 1. The zero-order valence-electron chi connectivity index (χ0n) is 13.5. The number of non-ortho nitro benzene ring substituents is 1. The molecule has 0 aliphatic carbocycles. The second-order valence-electron chi connectivity index (χ2n) is 6.77. The predicted molar refractivity (Wildman–Crippen MR) is 81.2 cm³/mol. The number of halogens is 2. The van der Waals surface area contributed by atoms with Crippen LogP contribution in [0.5, 0.6) is 5.75 Å². The van der Waals surface area contributed by atoms with E-state index in [1.807, 2.05) is 32.6 Å². The van der Waals surface area contributed by atoms with E-state index in [1.165, 1.54) is 12.1 Å². The van der Waals surface area contributed by atoms with Crippen molar-refractivity contribution in [1.29, 1.82) is 0 Å². The molecule has 0 aromatic heterocycles. The second-order valence-corrected chi connectivity index (χ2v) is 6.77. The SMILES string of the molecule is CC1(C)CN(c2ccc([N+](=O)[O-])cc2OC(F)F)CC(C)(C)O1. The number of hydrogen-bond acceptors (Lipinski definition) is 5. The highest BCUT2D eigenvalue weighted by molar-refractivity contribution is 5.63. The average molecular weight is 330 g/mol. The molecule has 2 rings (SSSR count). The van der Waals surface area contributed by atoms with Crippen molar-refractivity contribution in [1.82, 2.24) is 0 Å². The van der Waals surface area contributed by atoms with Crippen molar-refractivity contribution in [2.75, 3.05) is 18.0 Å². The lowest BCUT2D eigenvalue weighted by Crippen LogP contribution is -2.57. The third kappa shape index (κ3) is 4.28. The number of morpholine rings is 1. The molecular weight excluding hydrogens is 310 g/mol. The molecule has 23 heavy (non-hydrogen) atoms. The van der Waals surface area contributed by atoms with E-state index in [0.717, 1.165) is 6.07 Å². The van der Waals surface area contributed by atoms with Crippen molar-refractivity contribution in [3.8, 4) is 5.75 Å². The minimum atomic E-state index is -3.06. The molecule has 6 nitrogen and oxygen atoms in total. The maximum Gasteiger partial charge on any atom is 0.387 e. The fraction of sp³-hybridized carbons (Fsp3) is 0.600. The van der Waals surface area contributed by atoms with Crippen LogP contribution in [-0.2, 0) is 4.74 Å². The maximum absolute atomic E-state index is 12.7. The van der Waals surface area contributed by atoms with Crippen LogP contribution in [0, 0.1) is 10.1 Å². The zero-order chi connectivity index (χ0) is 17.4. The Kier molecular flexibility index (Phi) is 4.48. The topological polar surface area (TPSA) is 64.8 Å². The summed E-state index contributed by atoms with van der Waals surface area (Å²) in [5.74, 6) is -0.206. The van der Waals surface area contributed by atoms with Crippen LogP contribution in [-0.4, -0.2) is 35.8 Å². The summed E-state index contributed by atoms with van der Waals surface area (Å²) in [5, 5.41) is 10.9. The summed E-state index contributed by atoms with van der Waals surface area (Å²) in [6.45, 7) is 5.46. The lowest BCUT2D eigenvalue weighted by Gasteiger charge is -2.48. The van der Waals surface area contributed by atoms with Crippen LogP contribution in [0.15, 0.2) is 18.2 Å². The molecule has 8 heteroatoms. The van der Waals surface area contributed by atoms with E-state index >= 15 is 0 Å². The van der Waals surface area contributed by atoms with Gasteiger partial charge in [0.05, 0.1) is 27.9 Å². The number of rotatable bonds is 4. The smallest absolute Gasteiger partial charge is 0.387 e. The molecule has 1 aliphatic heterocycles. The second kappa shape index (κ2) is 5.92. The Morgan fingerprint density at radius 3 is 2.30 bits per heavy atom. The van der Waals surface area contributed by atoms with Crippen LogP contribution in [0.2, 0.25) is 0 Å². The number of hydrogen-bond donors (Lipinski definition) is 0. The number of alkyl halides is 2.